The fourth-order valence-corrected chi connectivity index (χ4v) is 2.77. The summed E-state index contributed by atoms with van der Waals surface area (Å²) in [5.74, 6) is -0.415. The van der Waals surface area contributed by atoms with Gasteiger partial charge in [-0.05, 0) is 36.2 Å². The topological polar surface area (TPSA) is 64.2 Å². The Balaban J connectivity index is 1.61. The van der Waals surface area contributed by atoms with Crippen molar-refractivity contribution in [1.29, 1.82) is 0 Å². The Morgan fingerprint density at radius 2 is 1.85 bits per heavy atom. The Bertz CT molecular complexity index is 861. The number of carbonyl (C=O) groups is 1. The van der Waals surface area contributed by atoms with E-state index < -0.39 is 6.04 Å². The molecule has 0 aliphatic rings. The average molecular weight is 352 g/mol. The van der Waals surface area contributed by atoms with Gasteiger partial charge in [0.15, 0.2) is 0 Å². The minimum absolute atomic E-state index is 0.122. The van der Waals surface area contributed by atoms with Gasteiger partial charge in [-0.2, -0.15) is 5.10 Å². The van der Waals surface area contributed by atoms with Gasteiger partial charge in [0.1, 0.15) is 5.82 Å². The Labute approximate surface area is 151 Å². The largest absolute Gasteiger partial charge is 0.340 e. The lowest BCUT2D eigenvalue weighted by Crippen LogP contribution is -2.42. The first-order valence-corrected chi connectivity index (χ1v) is 8.37. The van der Waals surface area contributed by atoms with E-state index in [1.54, 1.807) is 35.0 Å². The van der Waals surface area contributed by atoms with Crippen molar-refractivity contribution in [2.45, 2.75) is 19.0 Å². The SMILES string of the molecule is CN(Cc1cnn(-c2ccc(F)cc2)c1)C(=O)[C@@H](N)Cc1ccccc1. The number of nitrogens with two attached hydrogens (primary N) is 1. The van der Waals surface area contributed by atoms with Gasteiger partial charge >= 0.3 is 0 Å². The highest BCUT2D eigenvalue weighted by molar-refractivity contribution is 5.81. The molecular weight excluding hydrogens is 331 g/mol. The summed E-state index contributed by atoms with van der Waals surface area (Å²) in [7, 11) is 1.72. The quantitative estimate of drug-likeness (QED) is 0.741. The van der Waals surface area contributed by atoms with Crippen molar-refractivity contribution in [3.63, 3.8) is 0 Å². The van der Waals surface area contributed by atoms with E-state index in [1.807, 2.05) is 36.5 Å². The van der Waals surface area contributed by atoms with Crippen LogP contribution in [-0.4, -0.2) is 33.7 Å². The summed E-state index contributed by atoms with van der Waals surface area (Å²) in [5, 5.41) is 4.27. The van der Waals surface area contributed by atoms with E-state index >= 15 is 0 Å². The van der Waals surface area contributed by atoms with Crippen LogP contribution in [-0.2, 0) is 17.8 Å². The molecule has 0 saturated carbocycles. The van der Waals surface area contributed by atoms with Crippen molar-refractivity contribution in [3.8, 4) is 5.69 Å². The number of halogens is 1. The van der Waals surface area contributed by atoms with Crippen LogP contribution in [0.2, 0.25) is 0 Å². The highest BCUT2D eigenvalue weighted by Crippen LogP contribution is 2.11. The maximum atomic E-state index is 13.0. The summed E-state index contributed by atoms with van der Waals surface area (Å²) in [4.78, 5) is 14.1. The highest BCUT2D eigenvalue weighted by Gasteiger charge is 2.19. The van der Waals surface area contributed by atoms with Crippen LogP contribution < -0.4 is 5.73 Å². The lowest BCUT2D eigenvalue weighted by atomic mass is 10.1. The maximum absolute atomic E-state index is 13.0. The zero-order valence-corrected chi connectivity index (χ0v) is 14.5. The number of carbonyl (C=O) groups excluding carboxylic acids is 1. The van der Waals surface area contributed by atoms with Crippen molar-refractivity contribution in [3.05, 3.63) is 83.9 Å². The predicted octanol–water partition coefficient (Wildman–Crippen LogP) is 2.54. The number of aromatic nitrogens is 2. The van der Waals surface area contributed by atoms with Gasteiger partial charge in [0.05, 0.1) is 17.9 Å². The molecule has 0 aliphatic heterocycles. The smallest absolute Gasteiger partial charge is 0.239 e. The van der Waals surface area contributed by atoms with Crippen LogP contribution in [0.15, 0.2) is 67.0 Å². The third kappa shape index (κ3) is 4.34. The highest BCUT2D eigenvalue weighted by atomic mass is 19.1. The second kappa shape index (κ2) is 7.93. The van der Waals surface area contributed by atoms with Crippen molar-refractivity contribution in [2.75, 3.05) is 7.05 Å². The molecule has 3 aromatic rings. The first kappa shape index (κ1) is 17.8. The molecule has 26 heavy (non-hydrogen) atoms. The van der Waals surface area contributed by atoms with E-state index in [-0.39, 0.29) is 11.7 Å². The van der Waals surface area contributed by atoms with Crippen LogP contribution in [0.1, 0.15) is 11.1 Å². The van der Waals surface area contributed by atoms with E-state index in [0.29, 0.717) is 13.0 Å². The molecule has 1 heterocycles. The third-order valence-corrected chi connectivity index (χ3v) is 4.14. The van der Waals surface area contributed by atoms with Crippen LogP contribution in [0.5, 0.6) is 0 Å². The normalized spacial score (nSPS) is 12.0. The molecule has 0 fully saturated rings. The molecule has 1 aromatic heterocycles. The summed E-state index contributed by atoms with van der Waals surface area (Å²) < 4.78 is 14.7. The van der Waals surface area contributed by atoms with Crippen LogP contribution in [0.3, 0.4) is 0 Å². The van der Waals surface area contributed by atoms with Gasteiger partial charge in [0.2, 0.25) is 5.91 Å². The maximum Gasteiger partial charge on any atom is 0.239 e. The van der Waals surface area contributed by atoms with Crippen molar-refractivity contribution < 1.29 is 9.18 Å². The number of amides is 1. The second-order valence-corrected chi connectivity index (χ2v) is 6.26. The molecule has 1 amide bonds. The average Bonchev–Trinajstić information content (AvgIpc) is 3.11. The zero-order valence-electron chi connectivity index (χ0n) is 14.5. The first-order chi connectivity index (χ1) is 12.5. The number of nitrogens with zero attached hydrogens (tertiary/aromatic N) is 3. The summed E-state index contributed by atoms with van der Waals surface area (Å²) >= 11 is 0. The van der Waals surface area contributed by atoms with Gasteiger partial charge in [0, 0.05) is 25.4 Å². The molecule has 0 aliphatic carbocycles. The van der Waals surface area contributed by atoms with Gasteiger partial charge in [-0.25, -0.2) is 9.07 Å². The zero-order chi connectivity index (χ0) is 18.5. The van der Waals surface area contributed by atoms with E-state index in [1.165, 1.54) is 12.1 Å². The van der Waals surface area contributed by atoms with Gasteiger partial charge in [-0.15, -0.1) is 0 Å². The summed E-state index contributed by atoms with van der Waals surface area (Å²) in [6, 6.07) is 15.2. The lowest BCUT2D eigenvalue weighted by molar-refractivity contribution is -0.131. The molecule has 2 aromatic carbocycles. The molecule has 0 spiro atoms. The number of hydrogen-bond donors (Lipinski definition) is 1. The number of rotatable bonds is 6. The molecule has 2 N–H and O–H groups in total. The standard InChI is InChI=1S/C20H21FN4O/c1-24(20(26)19(22)11-15-5-3-2-4-6-15)13-16-12-23-25(14-16)18-9-7-17(21)8-10-18/h2-10,12,14,19H,11,13,22H2,1H3/t19-/m0/s1. The van der Waals surface area contributed by atoms with E-state index in [9.17, 15) is 9.18 Å². The van der Waals surface area contributed by atoms with E-state index in [4.69, 9.17) is 5.73 Å². The molecule has 3 rings (SSSR count). The second-order valence-electron chi connectivity index (χ2n) is 6.26. The summed E-state index contributed by atoms with van der Waals surface area (Å²) in [6.45, 7) is 0.405. The van der Waals surface area contributed by atoms with Gasteiger partial charge < -0.3 is 10.6 Å². The van der Waals surface area contributed by atoms with Gasteiger partial charge in [0.25, 0.3) is 0 Å². The van der Waals surface area contributed by atoms with Crippen LogP contribution in [0.4, 0.5) is 4.39 Å². The third-order valence-electron chi connectivity index (χ3n) is 4.14. The molecule has 134 valence electrons. The lowest BCUT2D eigenvalue weighted by Gasteiger charge is -2.20. The molecule has 0 unspecified atom stereocenters. The molecule has 0 radical (unpaired) electrons. The van der Waals surface area contributed by atoms with Gasteiger partial charge in [-0.3, -0.25) is 4.79 Å². The van der Waals surface area contributed by atoms with Crippen molar-refractivity contribution >= 4 is 5.91 Å². The fourth-order valence-electron chi connectivity index (χ4n) is 2.77. The molecule has 1 atom stereocenters. The number of hydrogen-bond acceptors (Lipinski definition) is 3. The fraction of sp³-hybridized carbons (Fsp3) is 0.200. The van der Waals surface area contributed by atoms with E-state index in [2.05, 4.69) is 5.10 Å². The van der Waals surface area contributed by atoms with Crippen LogP contribution in [0.25, 0.3) is 5.69 Å². The number of likely N-dealkylation sites (N-methyl/N-ethyl adjacent to an activating group) is 1. The Morgan fingerprint density at radius 1 is 1.15 bits per heavy atom. The number of benzene rings is 2. The molecular formula is C20H21FN4O. The predicted molar refractivity (Wildman–Crippen MR) is 98.1 cm³/mol. The summed E-state index contributed by atoms with van der Waals surface area (Å²) in [5.41, 5.74) is 8.73. The van der Waals surface area contributed by atoms with E-state index in [0.717, 1.165) is 16.8 Å². The van der Waals surface area contributed by atoms with Crippen molar-refractivity contribution in [2.24, 2.45) is 5.73 Å². The molecule has 6 heteroatoms. The molecule has 0 saturated heterocycles. The van der Waals surface area contributed by atoms with Crippen LogP contribution in [0, 0.1) is 5.82 Å². The Morgan fingerprint density at radius 3 is 2.54 bits per heavy atom. The van der Waals surface area contributed by atoms with Crippen LogP contribution >= 0.6 is 0 Å². The minimum atomic E-state index is -0.588. The monoisotopic (exact) mass is 352 g/mol. The minimum Gasteiger partial charge on any atom is -0.340 e. The Hall–Kier alpha value is -2.99. The van der Waals surface area contributed by atoms with Crippen molar-refractivity contribution in [1.82, 2.24) is 14.7 Å². The van der Waals surface area contributed by atoms with Gasteiger partial charge in [-0.1, -0.05) is 30.3 Å². The molecule has 0 bridgehead atoms. The first-order valence-electron chi connectivity index (χ1n) is 8.37. The summed E-state index contributed by atoms with van der Waals surface area (Å²) in [6.07, 6.45) is 4.01. The molecule has 5 nitrogen and oxygen atoms in total. The Kier molecular flexibility index (Phi) is 5.43.